The number of nitriles is 1. The topological polar surface area (TPSA) is 70.1 Å². The smallest absolute Gasteiger partial charge is 0.229 e. The number of hydrogen-bond acceptors (Lipinski definition) is 3. The molecule has 1 aromatic rings. The van der Waals surface area contributed by atoms with Crippen LogP contribution < -0.4 is 10.6 Å². The Kier molecular flexibility index (Phi) is 6.20. The van der Waals surface area contributed by atoms with Crippen LogP contribution in [0, 0.1) is 17.2 Å². The fraction of sp³-hybridized carbons (Fsp3) is 0.500. The number of carbonyl (C=O) groups is 1. The Bertz CT molecular complexity index is 491. The van der Waals surface area contributed by atoms with E-state index in [2.05, 4.69) is 6.07 Å². The van der Waals surface area contributed by atoms with Gasteiger partial charge >= 0.3 is 0 Å². The summed E-state index contributed by atoms with van der Waals surface area (Å²) in [5.41, 5.74) is 6.90. The van der Waals surface area contributed by atoms with E-state index < -0.39 is 0 Å². The number of nitrogens with zero attached hydrogens (tertiary/aromatic N) is 2. The Morgan fingerprint density at radius 1 is 1.35 bits per heavy atom. The lowest BCUT2D eigenvalue weighted by Crippen LogP contribution is -2.32. The van der Waals surface area contributed by atoms with Crippen molar-refractivity contribution in [2.45, 2.75) is 39.2 Å². The molecule has 2 atom stereocenters. The number of amides is 1. The fourth-order valence-corrected chi connectivity index (χ4v) is 2.18. The van der Waals surface area contributed by atoms with Gasteiger partial charge in [0.25, 0.3) is 0 Å². The molecule has 1 amide bonds. The van der Waals surface area contributed by atoms with Crippen molar-refractivity contribution < 1.29 is 4.79 Å². The zero-order chi connectivity index (χ0) is 15.1. The molecule has 20 heavy (non-hydrogen) atoms. The molecular formula is C16H23N3O. The summed E-state index contributed by atoms with van der Waals surface area (Å²) in [5, 5.41) is 9.09. The van der Waals surface area contributed by atoms with Gasteiger partial charge in [-0.1, -0.05) is 25.5 Å². The molecule has 0 saturated heterocycles. The highest BCUT2D eigenvalue weighted by Crippen LogP contribution is 2.21. The van der Waals surface area contributed by atoms with E-state index in [-0.39, 0.29) is 17.9 Å². The van der Waals surface area contributed by atoms with Crippen LogP contribution in [0.25, 0.3) is 0 Å². The third-order valence-corrected chi connectivity index (χ3v) is 3.43. The van der Waals surface area contributed by atoms with E-state index in [1.54, 1.807) is 30.1 Å². The van der Waals surface area contributed by atoms with Gasteiger partial charge in [0.2, 0.25) is 5.91 Å². The monoisotopic (exact) mass is 273 g/mol. The summed E-state index contributed by atoms with van der Waals surface area (Å²) < 4.78 is 0. The first-order chi connectivity index (χ1) is 9.47. The van der Waals surface area contributed by atoms with E-state index in [9.17, 15) is 4.79 Å². The van der Waals surface area contributed by atoms with E-state index in [1.165, 1.54) is 0 Å². The maximum Gasteiger partial charge on any atom is 0.229 e. The summed E-state index contributed by atoms with van der Waals surface area (Å²) in [6.07, 6.45) is 2.69. The van der Waals surface area contributed by atoms with Crippen molar-refractivity contribution in [1.29, 1.82) is 5.26 Å². The van der Waals surface area contributed by atoms with Gasteiger partial charge in [-0.3, -0.25) is 4.79 Å². The van der Waals surface area contributed by atoms with E-state index >= 15 is 0 Å². The SMILES string of the molecule is CC(N)CCCC(C)C(=O)N(C)c1ccccc1C#N. The minimum atomic E-state index is -0.0644. The van der Waals surface area contributed by atoms with Crippen molar-refractivity contribution in [2.24, 2.45) is 11.7 Å². The number of nitrogens with two attached hydrogens (primary N) is 1. The van der Waals surface area contributed by atoms with Crippen molar-refractivity contribution in [3.63, 3.8) is 0 Å². The average molecular weight is 273 g/mol. The van der Waals surface area contributed by atoms with Crippen LogP contribution in [0.2, 0.25) is 0 Å². The second kappa shape index (κ2) is 7.66. The third kappa shape index (κ3) is 4.36. The van der Waals surface area contributed by atoms with Gasteiger partial charge in [0.15, 0.2) is 0 Å². The highest BCUT2D eigenvalue weighted by molar-refractivity contribution is 5.95. The predicted molar refractivity (Wildman–Crippen MR) is 81.2 cm³/mol. The van der Waals surface area contributed by atoms with Gasteiger partial charge in [-0.05, 0) is 31.9 Å². The quantitative estimate of drug-likeness (QED) is 0.866. The number of anilines is 1. The summed E-state index contributed by atoms with van der Waals surface area (Å²) in [7, 11) is 1.72. The molecule has 0 bridgehead atoms. The molecule has 4 heteroatoms. The molecule has 0 saturated carbocycles. The first kappa shape index (κ1) is 16.2. The Balaban J connectivity index is 2.69. The Morgan fingerprint density at radius 3 is 2.60 bits per heavy atom. The maximum absolute atomic E-state index is 12.4. The second-order valence-electron chi connectivity index (χ2n) is 5.34. The summed E-state index contributed by atoms with van der Waals surface area (Å²) in [6.45, 7) is 3.90. The van der Waals surface area contributed by atoms with E-state index in [0.29, 0.717) is 11.3 Å². The van der Waals surface area contributed by atoms with Crippen molar-refractivity contribution in [3.05, 3.63) is 29.8 Å². The van der Waals surface area contributed by atoms with Crippen LogP contribution in [-0.4, -0.2) is 19.0 Å². The molecule has 0 fully saturated rings. The lowest BCUT2D eigenvalue weighted by atomic mass is 10.0. The van der Waals surface area contributed by atoms with E-state index in [0.717, 1.165) is 19.3 Å². The lowest BCUT2D eigenvalue weighted by molar-refractivity contribution is -0.121. The Hall–Kier alpha value is -1.86. The largest absolute Gasteiger partial charge is 0.328 e. The van der Waals surface area contributed by atoms with Crippen LogP contribution in [-0.2, 0) is 4.79 Å². The van der Waals surface area contributed by atoms with Crippen molar-refractivity contribution in [2.75, 3.05) is 11.9 Å². The van der Waals surface area contributed by atoms with Gasteiger partial charge in [-0.15, -0.1) is 0 Å². The van der Waals surface area contributed by atoms with Gasteiger partial charge in [-0.2, -0.15) is 5.26 Å². The normalized spacial score (nSPS) is 13.3. The first-order valence-corrected chi connectivity index (χ1v) is 6.99. The molecule has 0 aliphatic carbocycles. The summed E-state index contributed by atoms with van der Waals surface area (Å²) in [6, 6.07) is 9.44. The summed E-state index contributed by atoms with van der Waals surface area (Å²) in [5.74, 6) is -0.0251. The molecule has 108 valence electrons. The Labute approximate surface area is 121 Å². The van der Waals surface area contributed by atoms with E-state index in [4.69, 9.17) is 11.0 Å². The van der Waals surface area contributed by atoms with Crippen molar-refractivity contribution >= 4 is 11.6 Å². The molecule has 0 radical (unpaired) electrons. The predicted octanol–water partition coefficient (Wildman–Crippen LogP) is 2.67. The van der Waals surface area contributed by atoms with E-state index in [1.807, 2.05) is 19.9 Å². The summed E-state index contributed by atoms with van der Waals surface area (Å²) >= 11 is 0. The van der Waals surface area contributed by atoms with Gasteiger partial charge in [0.05, 0.1) is 11.3 Å². The fourth-order valence-electron chi connectivity index (χ4n) is 2.18. The number of rotatable bonds is 6. The van der Waals surface area contributed by atoms with Gasteiger partial charge in [0, 0.05) is 19.0 Å². The molecule has 0 aliphatic heterocycles. The second-order valence-corrected chi connectivity index (χ2v) is 5.34. The highest BCUT2D eigenvalue weighted by Gasteiger charge is 2.20. The van der Waals surface area contributed by atoms with Crippen LogP contribution in [0.15, 0.2) is 24.3 Å². The first-order valence-electron chi connectivity index (χ1n) is 6.99. The number of hydrogen-bond donors (Lipinski definition) is 1. The molecule has 0 aliphatic rings. The average Bonchev–Trinajstić information content (AvgIpc) is 2.45. The van der Waals surface area contributed by atoms with Crippen molar-refractivity contribution in [3.8, 4) is 6.07 Å². The molecular weight excluding hydrogens is 250 g/mol. The van der Waals surface area contributed by atoms with Crippen LogP contribution in [0.3, 0.4) is 0 Å². The molecule has 0 spiro atoms. The van der Waals surface area contributed by atoms with Crippen molar-refractivity contribution in [1.82, 2.24) is 0 Å². The minimum Gasteiger partial charge on any atom is -0.328 e. The van der Waals surface area contributed by atoms with Gasteiger partial charge in [0.1, 0.15) is 6.07 Å². The highest BCUT2D eigenvalue weighted by atomic mass is 16.2. The number of benzene rings is 1. The lowest BCUT2D eigenvalue weighted by Gasteiger charge is -2.22. The molecule has 0 heterocycles. The molecule has 1 rings (SSSR count). The van der Waals surface area contributed by atoms with Gasteiger partial charge in [-0.25, -0.2) is 0 Å². The Morgan fingerprint density at radius 2 is 2.00 bits per heavy atom. The molecule has 2 unspecified atom stereocenters. The zero-order valence-corrected chi connectivity index (χ0v) is 12.5. The molecule has 0 aromatic heterocycles. The number of para-hydroxylation sites is 1. The molecule has 4 nitrogen and oxygen atoms in total. The molecule has 1 aromatic carbocycles. The van der Waals surface area contributed by atoms with Gasteiger partial charge < -0.3 is 10.6 Å². The minimum absolute atomic E-state index is 0.0392. The van der Waals surface area contributed by atoms with Crippen LogP contribution in [0.1, 0.15) is 38.7 Å². The molecule has 2 N–H and O–H groups in total. The van der Waals surface area contributed by atoms with Crippen LogP contribution >= 0.6 is 0 Å². The standard InChI is InChI=1S/C16H23N3O/c1-12(7-6-8-13(2)18)16(20)19(3)15-10-5-4-9-14(15)11-17/h4-5,9-10,12-13H,6-8,18H2,1-3H3. The number of carbonyl (C=O) groups excluding carboxylic acids is 1. The maximum atomic E-state index is 12.4. The van der Waals surface area contributed by atoms with Crippen LogP contribution in [0.5, 0.6) is 0 Å². The van der Waals surface area contributed by atoms with Crippen LogP contribution in [0.4, 0.5) is 5.69 Å². The zero-order valence-electron chi connectivity index (χ0n) is 12.5. The third-order valence-electron chi connectivity index (χ3n) is 3.43. The summed E-state index contributed by atoms with van der Waals surface area (Å²) in [4.78, 5) is 14.0.